The zero-order valence-electron chi connectivity index (χ0n) is 18.1. The highest BCUT2D eigenvalue weighted by molar-refractivity contribution is 5.84. The summed E-state index contributed by atoms with van der Waals surface area (Å²) in [5, 5.41) is 7.64. The maximum absolute atomic E-state index is 13.9. The van der Waals surface area contributed by atoms with Crippen LogP contribution in [-0.4, -0.2) is 44.9 Å². The molecule has 0 amide bonds. The minimum absolute atomic E-state index is 0.0738. The summed E-state index contributed by atoms with van der Waals surface area (Å²) in [6.07, 6.45) is 7.49. The third kappa shape index (κ3) is 5.23. The van der Waals surface area contributed by atoms with Crippen molar-refractivity contribution in [2.45, 2.75) is 31.8 Å². The first kappa shape index (κ1) is 22.5. The first-order chi connectivity index (χ1) is 16.1. The normalized spacial score (nSPS) is 15.4. The molecule has 4 N–H and O–H groups in total. The van der Waals surface area contributed by atoms with E-state index in [1.807, 2.05) is 0 Å². The fraction of sp³-hybridized carbons (Fsp3) is 0.304. The number of allylic oxidation sites excluding steroid dienone is 2. The Labute approximate surface area is 190 Å². The van der Waals surface area contributed by atoms with Crippen LogP contribution in [0.1, 0.15) is 24.8 Å². The van der Waals surface area contributed by atoms with Crippen LogP contribution in [-0.2, 0) is 6.54 Å². The molecular weight excluding hydrogens is 426 g/mol. The first-order valence-corrected chi connectivity index (χ1v) is 10.7. The summed E-state index contributed by atoms with van der Waals surface area (Å²) in [7, 11) is 0. The number of nitrogens with zero attached hydrogens (tertiary/aromatic N) is 5. The van der Waals surface area contributed by atoms with Gasteiger partial charge in [0.15, 0.2) is 5.65 Å². The summed E-state index contributed by atoms with van der Waals surface area (Å²) in [4.78, 5) is 13.1. The smallest absolute Gasteiger partial charge is 0.160 e. The number of rotatable bonds is 8. The van der Waals surface area contributed by atoms with Crippen LogP contribution in [0.2, 0.25) is 0 Å². The molecule has 0 bridgehead atoms. The topological polar surface area (TPSA) is 106 Å². The minimum atomic E-state index is -0.953. The molecule has 0 unspecified atom stereocenters. The molecule has 10 heteroatoms. The van der Waals surface area contributed by atoms with Crippen LogP contribution in [0, 0.1) is 0 Å². The van der Waals surface area contributed by atoms with Gasteiger partial charge in [-0.05, 0) is 55.3 Å². The van der Waals surface area contributed by atoms with E-state index in [1.165, 1.54) is 4.57 Å². The van der Waals surface area contributed by atoms with Crippen molar-refractivity contribution in [2.75, 3.05) is 18.8 Å². The highest BCUT2D eigenvalue weighted by Gasteiger charge is 2.18. The van der Waals surface area contributed by atoms with Crippen molar-refractivity contribution in [1.29, 1.82) is 0 Å². The van der Waals surface area contributed by atoms with Gasteiger partial charge in [0.2, 0.25) is 0 Å². The number of nitrogens with two attached hydrogens (primary N) is 1. The van der Waals surface area contributed by atoms with Gasteiger partial charge in [-0.25, -0.2) is 23.7 Å². The summed E-state index contributed by atoms with van der Waals surface area (Å²) < 4.78 is 28.1. The average molecular weight is 453 g/mol. The Morgan fingerprint density at radius 3 is 2.97 bits per heavy atom. The van der Waals surface area contributed by atoms with Crippen molar-refractivity contribution in [1.82, 2.24) is 30.3 Å². The van der Waals surface area contributed by atoms with Crippen molar-refractivity contribution in [2.24, 2.45) is 5.10 Å². The lowest BCUT2D eigenvalue weighted by molar-refractivity contribution is 0.395. The second-order valence-electron chi connectivity index (χ2n) is 7.85. The third-order valence-corrected chi connectivity index (χ3v) is 5.52. The van der Waals surface area contributed by atoms with E-state index in [9.17, 15) is 8.78 Å². The second-order valence-corrected chi connectivity index (χ2v) is 7.85. The van der Waals surface area contributed by atoms with Gasteiger partial charge in [-0.1, -0.05) is 6.58 Å². The van der Waals surface area contributed by atoms with E-state index in [2.05, 4.69) is 37.4 Å². The molecule has 0 aromatic carbocycles. The minimum Gasteiger partial charge on any atom is -0.383 e. The van der Waals surface area contributed by atoms with Gasteiger partial charge in [-0.3, -0.25) is 0 Å². The molecule has 4 heterocycles. The zero-order chi connectivity index (χ0) is 23.2. The number of anilines is 1. The van der Waals surface area contributed by atoms with E-state index < -0.39 is 5.83 Å². The van der Waals surface area contributed by atoms with Crippen LogP contribution in [0.3, 0.4) is 0 Å². The number of hydrogen-bond acceptors (Lipinski definition) is 7. The van der Waals surface area contributed by atoms with Crippen molar-refractivity contribution < 1.29 is 8.78 Å². The van der Waals surface area contributed by atoms with Crippen LogP contribution < -0.4 is 16.5 Å². The fourth-order valence-electron chi connectivity index (χ4n) is 3.73. The largest absolute Gasteiger partial charge is 0.383 e. The van der Waals surface area contributed by atoms with Crippen LogP contribution >= 0.6 is 0 Å². The molecule has 1 fully saturated rings. The number of halogens is 2. The molecule has 0 spiro atoms. The number of piperidine rings is 1. The molecule has 3 aromatic heterocycles. The number of hydrogen-bond donors (Lipinski definition) is 3. The lowest BCUT2D eigenvalue weighted by atomic mass is 10.0. The average Bonchev–Trinajstić information content (AvgIpc) is 3.20. The number of fused-ring (bicyclic) bond motifs is 1. The molecule has 1 saturated heterocycles. The van der Waals surface area contributed by atoms with Gasteiger partial charge >= 0.3 is 0 Å². The Bertz CT molecular complexity index is 1190. The van der Waals surface area contributed by atoms with Crippen molar-refractivity contribution in [3.05, 3.63) is 54.9 Å². The van der Waals surface area contributed by atoms with Crippen LogP contribution in [0.25, 0.3) is 28.1 Å². The Morgan fingerprint density at radius 1 is 1.36 bits per heavy atom. The highest BCUT2D eigenvalue weighted by Crippen LogP contribution is 2.30. The molecule has 1 aliphatic heterocycles. The predicted octanol–water partition coefficient (Wildman–Crippen LogP) is 3.59. The molecule has 0 aliphatic carbocycles. The molecule has 0 atom stereocenters. The van der Waals surface area contributed by atoms with Crippen molar-refractivity contribution in [3.8, 4) is 11.4 Å². The molecular formula is C23H26F2N8. The van der Waals surface area contributed by atoms with Crippen LogP contribution in [0.4, 0.5) is 14.6 Å². The third-order valence-electron chi connectivity index (χ3n) is 5.52. The van der Waals surface area contributed by atoms with E-state index in [0.717, 1.165) is 37.1 Å². The van der Waals surface area contributed by atoms with E-state index in [-0.39, 0.29) is 18.7 Å². The van der Waals surface area contributed by atoms with E-state index >= 15 is 0 Å². The summed E-state index contributed by atoms with van der Waals surface area (Å²) in [5.74, 6) is -0.388. The summed E-state index contributed by atoms with van der Waals surface area (Å²) in [6.45, 7) is 5.75. The number of aromatic nitrogens is 4. The van der Waals surface area contributed by atoms with Gasteiger partial charge < -0.3 is 21.0 Å². The summed E-state index contributed by atoms with van der Waals surface area (Å²) >= 11 is 0. The number of nitrogens with one attached hydrogen (secondary N) is 2. The maximum atomic E-state index is 13.9. The van der Waals surface area contributed by atoms with E-state index in [1.54, 1.807) is 36.8 Å². The maximum Gasteiger partial charge on any atom is 0.160 e. The molecule has 4 rings (SSSR count). The highest BCUT2D eigenvalue weighted by atomic mass is 19.2. The Kier molecular flexibility index (Phi) is 7.04. The summed E-state index contributed by atoms with van der Waals surface area (Å²) in [6, 6.07) is 5.65. The molecule has 172 valence electrons. The van der Waals surface area contributed by atoms with E-state index in [0.29, 0.717) is 35.0 Å². The second kappa shape index (κ2) is 10.3. The first-order valence-electron chi connectivity index (χ1n) is 10.7. The molecule has 8 nitrogen and oxygen atoms in total. The lowest BCUT2D eigenvalue weighted by Crippen LogP contribution is -2.37. The SMILES string of the molecule is C=C(C/C=N\NC1CCNCC1)c1cnc(N)c(-c2nc3cccnc3n2C/C(F)=C/F)c1. The quantitative estimate of drug-likeness (QED) is 0.356. The van der Waals surface area contributed by atoms with Gasteiger partial charge in [0.25, 0.3) is 0 Å². The number of nitrogen functional groups attached to an aromatic ring is 1. The van der Waals surface area contributed by atoms with Crippen molar-refractivity contribution >= 4 is 28.8 Å². The molecule has 0 radical (unpaired) electrons. The molecule has 3 aromatic rings. The lowest BCUT2D eigenvalue weighted by Gasteiger charge is -2.21. The monoisotopic (exact) mass is 452 g/mol. The summed E-state index contributed by atoms with van der Waals surface area (Å²) in [5.41, 5.74) is 12.3. The van der Waals surface area contributed by atoms with Gasteiger partial charge in [-0.15, -0.1) is 0 Å². The van der Waals surface area contributed by atoms with Crippen LogP contribution in [0.5, 0.6) is 0 Å². The van der Waals surface area contributed by atoms with Gasteiger partial charge in [0.05, 0.1) is 12.1 Å². The standard InChI is InChI=1S/C23H26F2N8/c1-15(4-10-30-32-18-5-8-27-9-6-18)16-11-19(21(26)29-13-16)22-31-20-3-2-7-28-23(20)33(22)14-17(25)12-24/h2-3,7,10-13,18,27,32H,1,4-6,8-9,14H2,(H2,26,29)/b17-12-,30-10-. The van der Waals surface area contributed by atoms with E-state index in [4.69, 9.17) is 5.73 Å². The molecule has 33 heavy (non-hydrogen) atoms. The van der Waals surface area contributed by atoms with Gasteiger partial charge in [-0.2, -0.15) is 5.10 Å². The predicted molar refractivity (Wildman–Crippen MR) is 127 cm³/mol. The fourth-order valence-corrected chi connectivity index (χ4v) is 3.73. The van der Waals surface area contributed by atoms with Crippen molar-refractivity contribution in [3.63, 3.8) is 0 Å². The Morgan fingerprint density at radius 2 is 2.18 bits per heavy atom. The Hall–Kier alpha value is -3.66. The van der Waals surface area contributed by atoms with Gasteiger partial charge in [0.1, 0.15) is 29.3 Å². The molecule has 1 aliphatic rings. The number of pyridine rings is 2. The zero-order valence-corrected chi connectivity index (χ0v) is 18.1. The van der Waals surface area contributed by atoms with Gasteiger partial charge in [0, 0.05) is 31.1 Å². The van der Waals surface area contributed by atoms with Crippen LogP contribution in [0.15, 0.2) is 54.4 Å². The number of hydrazone groups is 1. The Balaban J connectivity index is 1.58. The number of imidazole rings is 1. The molecule has 0 saturated carbocycles.